The molecule has 3 rings (SSSR count). The molecule has 1 fully saturated rings. The molecule has 0 bridgehead atoms. The summed E-state index contributed by atoms with van der Waals surface area (Å²) in [6.45, 7) is 3.22. The molecule has 1 aromatic rings. The molecular weight excluding hydrogens is 268 g/mol. The summed E-state index contributed by atoms with van der Waals surface area (Å²) in [5.74, 6) is 0.697. The Morgan fingerprint density at radius 1 is 1.18 bits per heavy atom. The quantitative estimate of drug-likeness (QED) is 0.802. The lowest BCUT2D eigenvalue weighted by Crippen LogP contribution is -2.33. The van der Waals surface area contributed by atoms with Crippen molar-refractivity contribution in [1.29, 1.82) is 5.26 Å². The predicted octanol–water partition coefficient (Wildman–Crippen LogP) is 4.74. The first-order chi connectivity index (χ1) is 10.9. The topological polar surface area (TPSA) is 27.0 Å². The molecule has 2 aliphatic rings. The van der Waals surface area contributed by atoms with E-state index in [1.807, 2.05) is 0 Å². The van der Waals surface area contributed by atoms with Gasteiger partial charge >= 0.3 is 0 Å². The van der Waals surface area contributed by atoms with Crippen molar-refractivity contribution in [2.75, 3.05) is 19.6 Å². The van der Waals surface area contributed by atoms with Crippen molar-refractivity contribution in [3.8, 4) is 6.07 Å². The number of nitriles is 1. The van der Waals surface area contributed by atoms with Crippen molar-refractivity contribution in [1.82, 2.24) is 4.90 Å². The normalized spacial score (nSPS) is 20.4. The van der Waals surface area contributed by atoms with Crippen molar-refractivity contribution in [2.24, 2.45) is 0 Å². The second kappa shape index (κ2) is 7.61. The molecule has 0 saturated carbocycles. The van der Waals surface area contributed by atoms with Crippen LogP contribution in [-0.2, 0) is 0 Å². The summed E-state index contributed by atoms with van der Waals surface area (Å²) in [7, 11) is 0. The Labute approximate surface area is 134 Å². The van der Waals surface area contributed by atoms with Gasteiger partial charge in [0.2, 0.25) is 0 Å². The lowest BCUT2D eigenvalue weighted by atomic mass is 9.86. The van der Waals surface area contributed by atoms with E-state index in [2.05, 4.69) is 41.3 Å². The molecule has 0 N–H and O–H groups in total. The average Bonchev–Trinajstić information content (AvgIpc) is 2.61. The largest absolute Gasteiger partial charge is 0.302 e. The molecule has 0 spiro atoms. The van der Waals surface area contributed by atoms with Crippen LogP contribution in [0.4, 0.5) is 0 Å². The van der Waals surface area contributed by atoms with E-state index in [4.69, 9.17) is 5.26 Å². The Morgan fingerprint density at radius 3 is 2.77 bits per heavy atom. The first-order valence-electron chi connectivity index (χ1n) is 8.75. The number of benzene rings is 1. The third-order valence-electron chi connectivity index (χ3n) is 5.15. The molecule has 0 atom stereocenters. The Balaban J connectivity index is 1.64. The van der Waals surface area contributed by atoms with Gasteiger partial charge < -0.3 is 4.90 Å². The summed E-state index contributed by atoms with van der Waals surface area (Å²) in [6, 6.07) is 11.5. The second-order valence-electron chi connectivity index (χ2n) is 6.62. The molecule has 116 valence electrons. The van der Waals surface area contributed by atoms with Gasteiger partial charge in [-0.3, -0.25) is 0 Å². The minimum atomic E-state index is 0.661. The zero-order chi connectivity index (χ0) is 15.2. The molecule has 1 aliphatic heterocycles. The van der Waals surface area contributed by atoms with E-state index in [9.17, 15) is 0 Å². The van der Waals surface area contributed by atoms with Gasteiger partial charge in [0.1, 0.15) is 0 Å². The maximum absolute atomic E-state index is 8.70. The van der Waals surface area contributed by atoms with Crippen LogP contribution in [0.2, 0.25) is 0 Å². The van der Waals surface area contributed by atoms with E-state index in [1.54, 1.807) is 5.57 Å². The Hall–Kier alpha value is -1.59. The maximum Gasteiger partial charge on any atom is 0.0635 e. The number of hydrogen-bond acceptors (Lipinski definition) is 2. The van der Waals surface area contributed by atoms with E-state index < -0.39 is 0 Å². The highest BCUT2D eigenvalue weighted by molar-refractivity contribution is 5.66. The fourth-order valence-corrected chi connectivity index (χ4v) is 3.79. The summed E-state index contributed by atoms with van der Waals surface area (Å²) < 4.78 is 0. The average molecular weight is 294 g/mol. The number of hydrogen-bond donors (Lipinski definition) is 0. The lowest BCUT2D eigenvalue weighted by Gasteiger charge is -2.31. The highest BCUT2D eigenvalue weighted by Crippen LogP contribution is 2.32. The monoisotopic (exact) mass is 294 g/mol. The first-order valence-corrected chi connectivity index (χ1v) is 8.75. The van der Waals surface area contributed by atoms with Crippen LogP contribution < -0.4 is 0 Å². The van der Waals surface area contributed by atoms with Gasteiger partial charge in [-0.1, -0.05) is 30.3 Å². The summed E-state index contributed by atoms with van der Waals surface area (Å²) >= 11 is 0. The number of allylic oxidation sites excluding steroid dienone is 2. The lowest BCUT2D eigenvalue weighted by molar-refractivity contribution is 0.216. The van der Waals surface area contributed by atoms with Gasteiger partial charge in [0.25, 0.3) is 0 Å². The number of piperidine rings is 1. The molecule has 0 aromatic heterocycles. The zero-order valence-corrected chi connectivity index (χ0v) is 13.4. The second-order valence-corrected chi connectivity index (χ2v) is 6.62. The molecule has 0 radical (unpaired) electrons. The van der Waals surface area contributed by atoms with Gasteiger partial charge in [-0.15, -0.1) is 0 Å². The molecule has 2 heteroatoms. The standard InChI is InChI=1S/C20H26N2/c21-12-5-13-22-14-10-18(11-15-22)20-9-4-8-19(16-20)17-6-2-1-3-7-17/h4,6,8-9,16,18H,1-3,5,7,10-11,13-15H2. The van der Waals surface area contributed by atoms with Gasteiger partial charge in [-0.05, 0) is 74.2 Å². The molecular formula is C20H26N2. The molecule has 22 heavy (non-hydrogen) atoms. The van der Waals surface area contributed by atoms with Crippen LogP contribution in [-0.4, -0.2) is 24.5 Å². The summed E-state index contributed by atoms with van der Waals surface area (Å²) in [5.41, 5.74) is 4.52. The summed E-state index contributed by atoms with van der Waals surface area (Å²) in [5, 5.41) is 8.70. The molecule has 1 saturated heterocycles. The Bertz CT molecular complexity index is 559. The zero-order valence-electron chi connectivity index (χ0n) is 13.4. The van der Waals surface area contributed by atoms with E-state index in [1.165, 1.54) is 49.7 Å². The van der Waals surface area contributed by atoms with E-state index in [-0.39, 0.29) is 0 Å². The Morgan fingerprint density at radius 2 is 2.05 bits per heavy atom. The molecule has 1 aromatic carbocycles. The summed E-state index contributed by atoms with van der Waals surface area (Å²) in [6.07, 6.45) is 10.7. The minimum Gasteiger partial charge on any atom is -0.302 e. The van der Waals surface area contributed by atoms with Crippen LogP contribution in [0.3, 0.4) is 0 Å². The van der Waals surface area contributed by atoms with E-state index in [0.29, 0.717) is 12.3 Å². The van der Waals surface area contributed by atoms with Gasteiger partial charge in [0.05, 0.1) is 6.07 Å². The van der Waals surface area contributed by atoms with Gasteiger partial charge in [-0.25, -0.2) is 0 Å². The molecule has 0 unspecified atom stereocenters. The van der Waals surface area contributed by atoms with E-state index >= 15 is 0 Å². The smallest absolute Gasteiger partial charge is 0.0635 e. The van der Waals surface area contributed by atoms with Gasteiger partial charge in [0, 0.05) is 13.0 Å². The fraction of sp³-hybridized carbons (Fsp3) is 0.550. The van der Waals surface area contributed by atoms with Crippen LogP contribution >= 0.6 is 0 Å². The molecule has 2 nitrogen and oxygen atoms in total. The third-order valence-corrected chi connectivity index (χ3v) is 5.15. The van der Waals surface area contributed by atoms with Crippen LogP contribution in [0, 0.1) is 11.3 Å². The summed E-state index contributed by atoms with van der Waals surface area (Å²) in [4.78, 5) is 2.44. The Kier molecular flexibility index (Phi) is 5.29. The SMILES string of the molecule is N#CCCN1CCC(c2cccc(C3=CCCCC3)c2)CC1. The van der Waals surface area contributed by atoms with Crippen LogP contribution in [0.1, 0.15) is 62.0 Å². The number of rotatable bonds is 4. The number of likely N-dealkylation sites (tertiary alicyclic amines) is 1. The van der Waals surface area contributed by atoms with Crippen molar-refractivity contribution in [3.63, 3.8) is 0 Å². The molecule has 0 amide bonds. The van der Waals surface area contributed by atoms with Crippen LogP contribution in [0.25, 0.3) is 5.57 Å². The first kappa shape index (κ1) is 15.3. The third kappa shape index (κ3) is 3.78. The van der Waals surface area contributed by atoms with Crippen LogP contribution in [0.5, 0.6) is 0 Å². The van der Waals surface area contributed by atoms with Crippen molar-refractivity contribution < 1.29 is 0 Å². The predicted molar refractivity (Wildman–Crippen MR) is 91.5 cm³/mol. The van der Waals surface area contributed by atoms with Gasteiger partial charge in [0.15, 0.2) is 0 Å². The van der Waals surface area contributed by atoms with Crippen LogP contribution in [0.15, 0.2) is 30.3 Å². The number of nitrogens with zero attached hydrogens (tertiary/aromatic N) is 2. The maximum atomic E-state index is 8.70. The fourth-order valence-electron chi connectivity index (χ4n) is 3.79. The molecule has 1 heterocycles. The van der Waals surface area contributed by atoms with Gasteiger partial charge in [-0.2, -0.15) is 5.26 Å². The highest BCUT2D eigenvalue weighted by Gasteiger charge is 2.20. The van der Waals surface area contributed by atoms with Crippen molar-refractivity contribution >= 4 is 5.57 Å². The molecule has 1 aliphatic carbocycles. The van der Waals surface area contributed by atoms with Crippen molar-refractivity contribution in [3.05, 3.63) is 41.5 Å². The minimum absolute atomic E-state index is 0.661. The van der Waals surface area contributed by atoms with Crippen molar-refractivity contribution in [2.45, 2.75) is 50.9 Å². The van der Waals surface area contributed by atoms with E-state index in [0.717, 1.165) is 19.6 Å². The highest BCUT2D eigenvalue weighted by atomic mass is 15.1.